The minimum Gasteiger partial charge on any atom is -0.359 e. The van der Waals surface area contributed by atoms with Gasteiger partial charge in [0.05, 0.1) is 11.1 Å². The topological polar surface area (TPSA) is 68.4 Å². The van der Waals surface area contributed by atoms with Gasteiger partial charge in [-0.05, 0) is 39.2 Å². The first-order chi connectivity index (χ1) is 12.5. The second-order valence-electron chi connectivity index (χ2n) is 7.83. The van der Waals surface area contributed by atoms with Crippen LogP contribution in [0.1, 0.15) is 33.1 Å². The van der Waals surface area contributed by atoms with Crippen molar-refractivity contribution >= 4 is 28.5 Å². The second-order valence-corrected chi connectivity index (χ2v) is 7.83. The number of fused-ring (bicyclic) bond motifs is 1. The zero-order valence-corrected chi connectivity index (χ0v) is 15.4. The lowest BCUT2D eigenvalue weighted by Crippen LogP contribution is -2.52. The number of piperidine rings is 1. The molecule has 1 aromatic heterocycles. The predicted octanol–water partition coefficient (Wildman–Crippen LogP) is 3.42. The van der Waals surface area contributed by atoms with Crippen molar-refractivity contribution in [3.8, 4) is 0 Å². The molecule has 2 aliphatic heterocycles. The van der Waals surface area contributed by atoms with Crippen molar-refractivity contribution in [2.75, 3.05) is 25.0 Å². The number of hydrogen-bond acceptors (Lipinski definition) is 2. The van der Waals surface area contributed by atoms with Gasteiger partial charge in [-0.15, -0.1) is 0 Å². The molecule has 0 bridgehead atoms. The fourth-order valence-corrected chi connectivity index (χ4v) is 4.39. The van der Waals surface area contributed by atoms with E-state index in [1.165, 1.54) is 0 Å². The van der Waals surface area contributed by atoms with Crippen molar-refractivity contribution in [3.05, 3.63) is 30.5 Å². The van der Waals surface area contributed by atoms with E-state index in [-0.39, 0.29) is 23.4 Å². The maximum atomic E-state index is 13.0. The maximum absolute atomic E-state index is 13.0. The normalized spacial score (nSPS) is 23.4. The summed E-state index contributed by atoms with van der Waals surface area (Å²) in [7, 11) is 0. The van der Waals surface area contributed by atoms with Gasteiger partial charge in [0.15, 0.2) is 0 Å². The van der Waals surface area contributed by atoms with Gasteiger partial charge in [0, 0.05) is 42.8 Å². The van der Waals surface area contributed by atoms with Gasteiger partial charge in [0.2, 0.25) is 5.91 Å². The first kappa shape index (κ1) is 16.9. The Bertz CT molecular complexity index is 843. The SMILES string of the molecule is CC(C)N1CCCC2(CCN(C(=O)Nc3c[nH]c4ccccc34)C2)C1=O. The van der Waals surface area contributed by atoms with Crippen LogP contribution in [-0.2, 0) is 4.79 Å². The molecule has 2 aromatic rings. The summed E-state index contributed by atoms with van der Waals surface area (Å²) >= 11 is 0. The molecule has 4 rings (SSSR count). The van der Waals surface area contributed by atoms with Gasteiger partial charge in [0.25, 0.3) is 0 Å². The van der Waals surface area contributed by atoms with Crippen LogP contribution in [0.4, 0.5) is 10.5 Å². The minimum atomic E-state index is -0.389. The van der Waals surface area contributed by atoms with Crippen molar-refractivity contribution in [3.63, 3.8) is 0 Å². The fourth-order valence-electron chi connectivity index (χ4n) is 4.39. The third kappa shape index (κ3) is 2.73. The summed E-state index contributed by atoms with van der Waals surface area (Å²) < 4.78 is 0. The Balaban J connectivity index is 1.48. The van der Waals surface area contributed by atoms with Gasteiger partial charge in [-0.25, -0.2) is 4.79 Å². The average molecular weight is 354 g/mol. The van der Waals surface area contributed by atoms with E-state index >= 15 is 0 Å². The summed E-state index contributed by atoms with van der Waals surface area (Å²) in [6.45, 7) is 6.11. The molecule has 0 saturated carbocycles. The van der Waals surface area contributed by atoms with Crippen LogP contribution in [0.5, 0.6) is 0 Å². The van der Waals surface area contributed by atoms with Crippen LogP contribution in [0.25, 0.3) is 10.9 Å². The number of anilines is 1. The summed E-state index contributed by atoms with van der Waals surface area (Å²) in [4.78, 5) is 32.7. The largest absolute Gasteiger partial charge is 0.359 e. The van der Waals surface area contributed by atoms with Crippen molar-refractivity contribution in [1.29, 1.82) is 0 Å². The quantitative estimate of drug-likeness (QED) is 0.868. The van der Waals surface area contributed by atoms with Crippen LogP contribution >= 0.6 is 0 Å². The standard InChI is InChI=1S/C20H26N4O2/c1-14(2)24-10-5-8-20(18(24)25)9-11-23(13-20)19(26)22-17-12-21-16-7-4-3-6-15(16)17/h3-4,6-7,12,14,21H,5,8-11,13H2,1-2H3,(H,22,26). The lowest BCUT2D eigenvalue weighted by Gasteiger charge is -2.41. The lowest BCUT2D eigenvalue weighted by atomic mass is 9.78. The third-order valence-corrected chi connectivity index (χ3v) is 5.86. The predicted molar refractivity (Wildman–Crippen MR) is 102 cm³/mol. The van der Waals surface area contributed by atoms with Gasteiger partial charge in [-0.3, -0.25) is 4.79 Å². The van der Waals surface area contributed by atoms with E-state index in [9.17, 15) is 9.59 Å². The monoisotopic (exact) mass is 354 g/mol. The van der Waals surface area contributed by atoms with Gasteiger partial charge < -0.3 is 20.1 Å². The molecule has 0 radical (unpaired) electrons. The van der Waals surface area contributed by atoms with Gasteiger partial charge >= 0.3 is 6.03 Å². The molecule has 6 heteroatoms. The van der Waals surface area contributed by atoms with Crippen LogP contribution in [-0.4, -0.2) is 52.4 Å². The lowest BCUT2D eigenvalue weighted by molar-refractivity contribution is -0.147. The number of likely N-dealkylation sites (tertiary alicyclic amines) is 2. The average Bonchev–Trinajstić information content (AvgIpc) is 3.23. The molecule has 1 unspecified atom stereocenters. The molecular weight excluding hydrogens is 328 g/mol. The Kier molecular flexibility index (Phi) is 4.13. The number of para-hydroxylation sites is 1. The number of carbonyl (C=O) groups is 2. The number of amides is 3. The summed E-state index contributed by atoms with van der Waals surface area (Å²) in [6.07, 6.45) is 4.48. The number of aromatic nitrogens is 1. The molecule has 6 nitrogen and oxygen atoms in total. The Hall–Kier alpha value is -2.50. The summed E-state index contributed by atoms with van der Waals surface area (Å²) in [6, 6.07) is 7.98. The number of carbonyl (C=O) groups excluding carboxylic acids is 2. The highest BCUT2D eigenvalue weighted by Gasteiger charge is 2.49. The molecule has 3 heterocycles. The number of aromatic amines is 1. The highest BCUT2D eigenvalue weighted by molar-refractivity contribution is 6.01. The number of rotatable bonds is 2. The van der Waals surface area contributed by atoms with E-state index in [1.54, 1.807) is 4.90 Å². The molecule has 1 atom stereocenters. The van der Waals surface area contributed by atoms with Crippen LogP contribution in [0, 0.1) is 5.41 Å². The van der Waals surface area contributed by atoms with Crippen molar-refractivity contribution in [2.24, 2.45) is 5.41 Å². The molecule has 2 N–H and O–H groups in total. The molecule has 26 heavy (non-hydrogen) atoms. The molecule has 2 fully saturated rings. The Labute approximate surface area is 153 Å². The van der Waals surface area contributed by atoms with E-state index < -0.39 is 0 Å². The molecule has 2 aliphatic rings. The second kappa shape index (κ2) is 6.34. The van der Waals surface area contributed by atoms with Crippen LogP contribution in [0.3, 0.4) is 0 Å². The Morgan fingerprint density at radius 3 is 2.85 bits per heavy atom. The number of nitrogens with zero attached hydrogens (tertiary/aromatic N) is 2. The number of nitrogens with one attached hydrogen (secondary N) is 2. The first-order valence-electron chi connectivity index (χ1n) is 9.43. The highest BCUT2D eigenvalue weighted by Crippen LogP contribution is 2.40. The number of hydrogen-bond donors (Lipinski definition) is 2. The fraction of sp³-hybridized carbons (Fsp3) is 0.500. The zero-order chi connectivity index (χ0) is 18.3. The van der Waals surface area contributed by atoms with E-state index in [0.717, 1.165) is 42.4 Å². The summed E-state index contributed by atoms with van der Waals surface area (Å²) in [5.41, 5.74) is 1.39. The van der Waals surface area contributed by atoms with Crippen molar-refractivity contribution in [2.45, 2.75) is 39.2 Å². The van der Waals surface area contributed by atoms with Crippen LogP contribution in [0.15, 0.2) is 30.5 Å². The Morgan fingerprint density at radius 1 is 1.23 bits per heavy atom. The summed E-state index contributed by atoms with van der Waals surface area (Å²) in [5, 5.41) is 4.00. The number of benzene rings is 1. The van der Waals surface area contributed by atoms with Gasteiger partial charge in [-0.2, -0.15) is 0 Å². The number of urea groups is 1. The molecule has 2 saturated heterocycles. The minimum absolute atomic E-state index is 0.124. The van der Waals surface area contributed by atoms with Crippen molar-refractivity contribution in [1.82, 2.24) is 14.8 Å². The van der Waals surface area contributed by atoms with E-state index in [0.29, 0.717) is 13.1 Å². The highest BCUT2D eigenvalue weighted by atomic mass is 16.2. The third-order valence-electron chi connectivity index (χ3n) is 5.86. The molecule has 138 valence electrons. The molecule has 1 spiro atoms. The van der Waals surface area contributed by atoms with E-state index in [4.69, 9.17) is 0 Å². The van der Waals surface area contributed by atoms with E-state index in [1.807, 2.05) is 35.4 Å². The van der Waals surface area contributed by atoms with Gasteiger partial charge in [-0.1, -0.05) is 18.2 Å². The van der Waals surface area contributed by atoms with E-state index in [2.05, 4.69) is 24.1 Å². The number of H-pyrrole nitrogens is 1. The molecule has 0 aliphatic carbocycles. The summed E-state index contributed by atoms with van der Waals surface area (Å²) in [5.74, 6) is 0.223. The van der Waals surface area contributed by atoms with Crippen LogP contribution < -0.4 is 5.32 Å². The molecule has 1 aromatic carbocycles. The smallest absolute Gasteiger partial charge is 0.321 e. The van der Waals surface area contributed by atoms with Gasteiger partial charge in [0.1, 0.15) is 0 Å². The van der Waals surface area contributed by atoms with Crippen molar-refractivity contribution < 1.29 is 9.59 Å². The molecule has 3 amide bonds. The first-order valence-corrected chi connectivity index (χ1v) is 9.43. The van der Waals surface area contributed by atoms with Crippen LogP contribution in [0.2, 0.25) is 0 Å². The zero-order valence-electron chi connectivity index (χ0n) is 15.4. The Morgan fingerprint density at radius 2 is 2.04 bits per heavy atom. The molecular formula is C20H26N4O2. The maximum Gasteiger partial charge on any atom is 0.321 e.